The van der Waals surface area contributed by atoms with E-state index in [1.807, 2.05) is 18.2 Å². The lowest BCUT2D eigenvalue weighted by molar-refractivity contribution is 0.368. The Bertz CT molecular complexity index is 1070. The van der Waals surface area contributed by atoms with Crippen molar-refractivity contribution in [3.63, 3.8) is 0 Å². The summed E-state index contributed by atoms with van der Waals surface area (Å²) in [6.07, 6.45) is 0. The fourth-order valence-corrected chi connectivity index (χ4v) is 4.75. The molecule has 0 saturated heterocycles. The average Bonchev–Trinajstić information content (AvgIpc) is 3.22. The Morgan fingerprint density at radius 3 is 2.67 bits per heavy atom. The minimum atomic E-state index is -0.227. The number of ether oxygens (including phenoxy) is 1. The Kier molecular flexibility index (Phi) is 4.25. The number of nitrogens with two attached hydrogens (primary N) is 1. The van der Waals surface area contributed by atoms with Gasteiger partial charge in [0.05, 0.1) is 16.8 Å². The maximum absolute atomic E-state index is 9.81. The average molecular weight is 376 g/mol. The number of rotatable bonds is 3. The van der Waals surface area contributed by atoms with Crippen LogP contribution in [0.3, 0.4) is 0 Å². The Hall–Kier alpha value is -3.04. The topological polar surface area (TPSA) is 87.7 Å². The van der Waals surface area contributed by atoms with E-state index < -0.39 is 0 Å². The van der Waals surface area contributed by atoms with E-state index in [9.17, 15) is 5.26 Å². The maximum Gasteiger partial charge on any atom is 0.244 e. The minimum absolute atomic E-state index is 0.0402. The van der Waals surface area contributed by atoms with Crippen LogP contribution in [0.2, 0.25) is 0 Å². The van der Waals surface area contributed by atoms with Crippen LogP contribution in [0.4, 0.5) is 0 Å². The van der Waals surface area contributed by atoms with E-state index in [-0.39, 0.29) is 17.7 Å². The van der Waals surface area contributed by atoms with Gasteiger partial charge in [-0.25, -0.2) is 0 Å². The quantitative estimate of drug-likeness (QED) is 0.692. The van der Waals surface area contributed by atoms with Crippen LogP contribution in [0.1, 0.15) is 39.6 Å². The van der Waals surface area contributed by atoms with Gasteiger partial charge in [0.1, 0.15) is 6.07 Å². The molecular weight excluding hydrogens is 356 g/mol. The number of fused-ring (bicyclic) bond motifs is 1. The molecule has 136 valence electrons. The second-order valence-corrected chi connectivity index (χ2v) is 8.27. The van der Waals surface area contributed by atoms with Crippen molar-refractivity contribution in [3.05, 3.63) is 68.7 Å². The molecule has 0 bridgehead atoms. The van der Waals surface area contributed by atoms with Gasteiger partial charge in [-0.3, -0.25) is 5.10 Å². The third-order valence-electron chi connectivity index (χ3n) is 5.12. The highest BCUT2D eigenvalue weighted by Crippen LogP contribution is 2.49. The molecule has 1 aromatic carbocycles. The van der Waals surface area contributed by atoms with E-state index >= 15 is 0 Å². The van der Waals surface area contributed by atoms with Gasteiger partial charge in [0.15, 0.2) is 0 Å². The number of H-pyrrole nitrogens is 1. The molecular formula is C21H20N4OS. The van der Waals surface area contributed by atoms with Crippen LogP contribution in [-0.2, 0) is 0 Å². The lowest BCUT2D eigenvalue weighted by Crippen LogP contribution is -2.23. The second-order valence-electron chi connectivity index (χ2n) is 6.81. The lowest BCUT2D eigenvalue weighted by atomic mass is 9.76. The highest BCUT2D eigenvalue weighted by atomic mass is 32.1. The molecule has 27 heavy (non-hydrogen) atoms. The lowest BCUT2D eigenvalue weighted by Gasteiger charge is -2.28. The number of hydrogen-bond donors (Lipinski definition) is 2. The monoisotopic (exact) mass is 376 g/mol. The highest BCUT2D eigenvalue weighted by Gasteiger charge is 2.38. The van der Waals surface area contributed by atoms with Gasteiger partial charge in [0.2, 0.25) is 11.8 Å². The molecule has 0 unspecified atom stereocenters. The Balaban J connectivity index is 1.92. The molecule has 0 fully saturated rings. The molecule has 5 nitrogen and oxygen atoms in total. The Labute approximate surface area is 162 Å². The number of aromatic amines is 1. The van der Waals surface area contributed by atoms with Crippen molar-refractivity contribution in [2.75, 3.05) is 0 Å². The number of aryl methyl sites for hydroxylation is 2. The van der Waals surface area contributed by atoms with Crippen LogP contribution in [0.5, 0.6) is 5.88 Å². The minimum Gasteiger partial charge on any atom is -0.420 e. The molecule has 6 heteroatoms. The van der Waals surface area contributed by atoms with Crippen LogP contribution in [-0.4, -0.2) is 10.2 Å². The number of hydrogen-bond acceptors (Lipinski definition) is 5. The van der Waals surface area contributed by atoms with Gasteiger partial charge >= 0.3 is 0 Å². The van der Waals surface area contributed by atoms with Crippen molar-refractivity contribution in [3.8, 4) is 23.2 Å². The summed E-state index contributed by atoms with van der Waals surface area (Å²) in [5, 5.41) is 17.3. The van der Waals surface area contributed by atoms with E-state index in [1.54, 1.807) is 11.3 Å². The van der Waals surface area contributed by atoms with Crippen LogP contribution in [0.15, 0.2) is 47.9 Å². The molecule has 0 amide bonds. The van der Waals surface area contributed by atoms with Crippen LogP contribution >= 0.6 is 11.3 Å². The summed E-state index contributed by atoms with van der Waals surface area (Å²) in [6, 6.07) is 14.6. The summed E-state index contributed by atoms with van der Waals surface area (Å²) >= 11 is 1.74. The van der Waals surface area contributed by atoms with E-state index in [1.165, 1.54) is 9.75 Å². The molecule has 1 aliphatic heterocycles. The number of nitriles is 1. The normalized spacial score (nSPS) is 17.2. The standard InChI is InChI=1S/C21H20N4OS/c1-11-9-15(13(3)27-11)19-18-17(12(2)14-7-5-4-6-8-14)16(10-22)20(23)26-21(18)25-24-19/h4-9,12,17H,23H2,1-3H3,(H,24,25)/t12-,17+/m0/s1. The Morgan fingerprint density at radius 1 is 1.30 bits per heavy atom. The molecule has 3 heterocycles. The van der Waals surface area contributed by atoms with Crippen molar-refractivity contribution in [2.24, 2.45) is 5.73 Å². The number of nitrogens with zero attached hydrogens (tertiary/aromatic N) is 2. The summed E-state index contributed by atoms with van der Waals surface area (Å²) in [6.45, 7) is 6.29. The van der Waals surface area contributed by atoms with E-state index in [0.717, 1.165) is 22.4 Å². The largest absolute Gasteiger partial charge is 0.420 e. The number of nitrogens with one attached hydrogen (secondary N) is 1. The van der Waals surface area contributed by atoms with Gasteiger partial charge < -0.3 is 10.5 Å². The van der Waals surface area contributed by atoms with Crippen molar-refractivity contribution < 1.29 is 4.74 Å². The molecule has 0 saturated carbocycles. The number of benzene rings is 1. The summed E-state index contributed by atoms with van der Waals surface area (Å²) < 4.78 is 5.70. The van der Waals surface area contributed by atoms with Gasteiger partial charge in [-0.15, -0.1) is 16.4 Å². The Morgan fingerprint density at radius 2 is 2.04 bits per heavy atom. The maximum atomic E-state index is 9.81. The number of allylic oxidation sites excluding steroid dienone is 1. The van der Waals surface area contributed by atoms with Crippen molar-refractivity contribution in [1.82, 2.24) is 10.2 Å². The number of thiophene rings is 1. The van der Waals surface area contributed by atoms with Crippen molar-refractivity contribution in [2.45, 2.75) is 32.6 Å². The first kappa shape index (κ1) is 17.4. The molecule has 0 radical (unpaired) electrons. The molecule has 0 aliphatic carbocycles. The first-order valence-corrected chi connectivity index (χ1v) is 9.61. The molecule has 2 atom stereocenters. The number of aromatic nitrogens is 2. The fraction of sp³-hybridized carbons (Fsp3) is 0.238. The summed E-state index contributed by atoms with van der Waals surface area (Å²) in [4.78, 5) is 2.43. The molecule has 3 N–H and O–H groups in total. The first-order chi connectivity index (χ1) is 13.0. The van der Waals surface area contributed by atoms with Gasteiger partial charge in [0.25, 0.3) is 0 Å². The fourth-order valence-electron chi connectivity index (χ4n) is 3.82. The summed E-state index contributed by atoms with van der Waals surface area (Å²) in [5.74, 6) is 0.402. The second kappa shape index (κ2) is 6.60. The van der Waals surface area contributed by atoms with Gasteiger partial charge in [-0.05, 0) is 31.4 Å². The summed E-state index contributed by atoms with van der Waals surface area (Å²) in [7, 11) is 0. The highest BCUT2D eigenvalue weighted by molar-refractivity contribution is 7.12. The van der Waals surface area contributed by atoms with E-state index in [0.29, 0.717) is 11.5 Å². The third kappa shape index (κ3) is 2.81. The summed E-state index contributed by atoms with van der Waals surface area (Å²) in [5.41, 5.74) is 10.6. The van der Waals surface area contributed by atoms with Gasteiger partial charge in [0, 0.05) is 21.2 Å². The van der Waals surface area contributed by atoms with Crippen molar-refractivity contribution >= 4 is 11.3 Å². The zero-order valence-corrected chi connectivity index (χ0v) is 16.2. The van der Waals surface area contributed by atoms with Crippen LogP contribution in [0, 0.1) is 25.2 Å². The predicted octanol–water partition coefficient (Wildman–Crippen LogP) is 4.73. The molecule has 2 aromatic heterocycles. The first-order valence-electron chi connectivity index (χ1n) is 8.79. The van der Waals surface area contributed by atoms with Crippen molar-refractivity contribution in [1.29, 1.82) is 5.26 Å². The predicted molar refractivity (Wildman–Crippen MR) is 106 cm³/mol. The zero-order chi connectivity index (χ0) is 19.1. The van der Waals surface area contributed by atoms with Gasteiger partial charge in [-0.1, -0.05) is 37.3 Å². The molecule has 4 rings (SSSR count). The third-order valence-corrected chi connectivity index (χ3v) is 6.09. The van der Waals surface area contributed by atoms with Crippen LogP contribution < -0.4 is 10.5 Å². The van der Waals surface area contributed by atoms with Crippen LogP contribution in [0.25, 0.3) is 11.3 Å². The smallest absolute Gasteiger partial charge is 0.244 e. The molecule has 0 spiro atoms. The van der Waals surface area contributed by atoms with Gasteiger partial charge in [-0.2, -0.15) is 5.26 Å². The van der Waals surface area contributed by atoms with E-state index in [4.69, 9.17) is 10.5 Å². The molecule has 1 aliphatic rings. The zero-order valence-electron chi connectivity index (χ0n) is 15.4. The van der Waals surface area contributed by atoms with E-state index in [2.05, 4.69) is 55.2 Å². The SMILES string of the molecule is Cc1cc(-c2[nH]nc3c2[C@H]([C@@H](C)c2ccccc2)C(C#N)=C(N)O3)c(C)s1. The molecule has 3 aromatic rings.